The highest BCUT2D eigenvalue weighted by atomic mass is 16.7. The molecule has 5 nitrogen and oxygen atoms in total. The SMILES string of the molecule is CC1(C)C2CC3OB(C4CCCN4C(=O)c4ccccc4N)OC3(C)C1C2. The first-order valence-electron chi connectivity index (χ1n) is 10.3. The number of nitrogens with zero attached hydrogens (tertiary/aromatic N) is 1. The van der Waals surface area contributed by atoms with Gasteiger partial charge in [0.1, 0.15) is 0 Å². The summed E-state index contributed by atoms with van der Waals surface area (Å²) in [7, 11) is -0.327. The molecule has 5 atom stereocenters. The third-order valence-electron chi connectivity index (χ3n) is 8.03. The van der Waals surface area contributed by atoms with Crippen molar-refractivity contribution >= 4 is 18.7 Å². The zero-order valence-electron chi connectivity index (χ0n) is 16.5. The Morgan fingerprint density at radius 2 is 2.04 bits per heavy atom. The monoisotopic (exact) mass is 368 g/mol. The van der Waals surface area contributed by atoms with Crippen LogP contribution in [-0.4, -0.2) is 42.1 Å². The third-order valence-corrected chi connectivity index (χ3v) is 8.03. The Hall–Kier alpha value is -1.53. The molecular formula is C21H29BN2O3. The first kappa shape index (κ1) is 17.6. The van der Waals surface area contributed by atoms with Crippen LogP contribution in [0.2, 0.25) is 0 Å². The molecule has 2 heterocycles. The summed E-state index contributed by atoms with van der Waals surface area (Å²) in [5.74, 6) is 1.23. The Morgan fingerprint density at radius 1 is 1.26 bits per heavy atom. The van der Waals surface area contributed by atoms with E-state index in [4.69, 9.17) is 15.0 Å². The molecule has 0 spiro atoms. The Labute approximate surface area is 161 Å². The van der Waals surface area contributed by atoms with Gasteiger partial charge in [-0.3, -0.25) is 4.79 Å². The van der Waals surface area contributed by atoms with Gasteiger partial charge in [-0.15, -0.1) is 0 Å². The second-order valence-electron chi connectivity index (χ2n) is 9.63. The van der Waals surface area contributed by atoms with E-state index in [0.717, 1.165) is 31.7 Å². The molecule has 2 bridgehead atoms. The Kier molecular flexibility index (Phi) is 3.73. The molecule has 2 saturated heterocycles. The molecule has 5 fully saturated rings. The highest BCUT2D eigenvalue weighted by Crippen LogP contribution is 2.65. The van der Waals surface area contributed by atoms with Crippen molar-refractivity contribution in [2.24, 2.45) is 17.3 Å². The molecule has 1 aromatic carbocycles. The number of para-hydroxylation sites is 1. The molecule has 0 aromatic heterocycles. The number of hydrogen-bond donors (Lipinski definition) is 1. The van der Waals surface area contributed by atoms with Crippen molar-refractivity contribution in [1.29, 1.82) is 0 Å². The van der Waals surface area contributed by atoms with Crippen molar-refractivity contribution in [3.8, 4) is 0 Å². The fraction of sp³-hybridized carbons (Fsp3) is 0.667. The summed E-state index contributed by atoms with van der Waals surface area (Å²) < 4.78 is 13.1. The van der Waals surface area contributed by atoms with Crippen molar-refractivity contribution in [2.75, 3.05) is 12.3 Å². The fourth-order valence-electron chi connectivity index (χ4n) is 6.24. The Balaban J connectivity index is 1.38. The number of amides is 1. The quantitative estimate of drug-likeness (QED) is 0.644. The van der Waals surface area contributed by atoms with Crippen LogP contribution in [-0.2, 0) is 9.31 Å². The van der Waals surface area contributed by atoms with Crippen LogP contribution < -0.4 is 5.73 Å². The fourth-order valence-corrected chi connectivity index (χ4v) is 6.24. The zero-order chi connectivity index (χ0) is 19.0. The molecular weight excluding hydrogens is 339 g/mol. The van der Waals surface area contributed by atoms with Gasteiger partial charge in [-0.1, -0.05) is 26.0 Å². The molecule has 3 aliphatic carbocycles. The van der Waals surface area contributed by atoms with Crippen LogP contribution in [0.15, 0.2) is 24.3 Å². The Bertz CT molecular complexity index is 784. The van der Waals surface area contributed by atoms with Gasteiger partial charge < -0.3 is 19.9 Å². The number of benzene rings is 1. The summed E-state index contributed by atoms with van der Waals surface area (Å²) in [6.45, 7) is 7.71. The molecule has 27 heavy (non-hydrogen) atoms. The van der Waals surface area contributed by atoms with Crippen molar-refractivity contribution in [3.63, 3.8) is 0 Å². The van der Waals surface area contributed by atoms with Gasteiger partial charge in [0, 0.05) is 12.2 Å². The van der Waals surface area contributed by atoms with Crippen LogP contribution in [0.4, 0.5) is 5.69 Å². The van der Waals surface area contributed by atoms with Crippen molar-refractivity contribution in [2.45, 2.75) is 64.1 Å². The van der Waals surface area contributed by atoms with Gasteiger partial charge >= 0.3 is 7.12 Å². The van der Waals surface area contributed by atoms with Crippen LogP contribution in [0.1, 0.15) is 56.8 Å². The zero-order valence-corrected chi connectivity index (χ0v) is 16.5. The molecule has 2 aliphatic heterocycles. The van der Waals surface area contributed by atoms with Gasteiger partial charge in [0.2, 0.25) is 0 Å². The number of nitrogen functional groups attached to an aromatic ring is 1. The minimum Gasteiger partial charge on any atom is -0.404 e. The van der Waals surface area contributed by atoms with E-state index in [1.165, 1.54) is 6.42 Å². The minimum absolute atomic E-state index is 0.00699. The average molecular weight is 368 g/mol. The van der Waals surface area contributed by atoms with E-state index in [9.17, 15) is 4.79 Å². The summed E-state index contributed by atoms with van der Waals surface area (Å²) in [5.41, 5.74) is 7.25. The average Bonchev–Trinajstić information content (AvgIpc) is 3.24. The van der Waals surface area contributed by atoms with E-state index in [-0.39, 0.29) is 30.7 Å². The summed E-state index contributed by atoms with van der Waals surface area (Å²) in [4.78, 5) is 15.1. The van der Waals surface area contributed by atoms with Crippen molar-refractivity contribution in [3.05, 3.63) is 29.8 Å². The lowest BCUT2D eigenvalue weighted by Gasteiger charge is -2.64. The lowest BCUT2D eigenvalue weighted by molar-refractivity contribution is -0.199. The van der Waals surface area contributed by atoms with E-state index in [2.05, 4.69) is 20.8 Å². The summed E-state index contributed by atoms with van der Waals surface area (Å²) in [6, 6.07) is 7.31. The maximum Gasteiger partial charge on any atom is 0.481 e. The predicted molar refractivity (Wildman–Crippen MR) is 105 cm³/mol. The first-order valence-corrected chi connectivity index (χ1v) is 10.3. The molecule has 3 saturated carbocycles. The second kappa shape index (κ2) is 5.74. The Morgan fingerprint density at radius 3 is 2.78 bits per heavy atom. The lowest BCUT2D eigenvalue weighted by Crippen LogP contribution is -2.65. The van der Waals surface area contributed by atoms with E-state index >= 15 is 0 Å². The van der Waals surface area contributed by atoms with Crippen LogP contribution in [0.5, 0.6) is 0 Å². The number of hydrogen-bond acceptors (Lipinski definition) is 4. The highest BCUT2D eigenvalue weighted by Gasteiger charge is 2.69. The van der Waals surface area contributed by atoms with Gasteiger partial charge in [0.15, 0.2) is 0 Å². The molecule has 1 amide bonds. The maximum atomic E-state index is 13.1. The lowest BCUT2D eigenvalue weighted by atomic mass is 9.43. The van der Waals surface area contributed by atoms with Crippen LogP contribution >= 0.6 is 0 Å². The van der Waals surface area contributed by atoms with E-state index < -0.39 is 0 Å². The van der Waals surface area contributed by atoms with Crippen molar-refractivity contribution in [1.82, 2.24) is 4.90 Å². The number of nitrogens with two attached hydrogens (primary N) is 1. The molecule has 1 aromatic rings. The van der Waals surface area contributed by atoms with Crippen LogP contribution in [0.25, 0.3) is 0 Å². The topological polar surface area (TPSA) is 64.8 Å². The largest absolute Gasteiger partial charge is 0.481 e. The van der Waals surface area contributed by atoms with Crippen LogP contribution in [0, 0.1) is 17.3 Å². The maximum absolute atomic E-state index is 13.1. The highest BCUT2D eigenvalue weighted by molar-refractivity contribution is 6.48. The van der Waals surface area contributed by atoms with Crippen molar-refractivity contribution < 1.29 is 14.1 Å². The minimum atomic E-state index is -0.327. The normalized spacial score (nSPS) is 39.2. The molecule has 144 valence electrons. The molecule has 0 radical (unpaired) electrons. The molecule has 5 aliphatic rings. The third kappa shape index (κ3) is 2.35. The molecule has 5 unspecified atom stereocenters. The standard InChI is InChI=1S/C21H29BN2O3/c1-20(2)13-11-16(20)21(3)17(12-13)26-22(27-21)18-9-6-10-24(18)19(25)14-7-4-5-8-15(14)23/h4-5,7-8,13,16-18H,6,9-12,23H2,1-3H3. The molecule has 6 heteroatoms. The smallest absolute Gasteiger partial charge is 0.404 e. The summed E-state index contributed by atoms with van der Waals surface area (Å²) in [6.07, 6.45) is 4.36. The number of anilines is 1. The van der Waals surface area contributed by atoms with E-state index in [1.54, 1.807) is 6.07 Å². The van der Waals surface area contributed by atoms with Gasteiger partial charge in [0.25, 0.3) is 5.91 Å². The first-order chi connectivity index (χ1) is 12.8. The van der Waals surface area contributed by atoms with Gasteiger partial charge in [-0.05, 0) is 62.0 Å². The second-order valence-corrected chi connectivity index (χ2v) is 9.63. The summed E-state index contributed by atoms with van der Waals surface area (Å²) >= 11 is 0. The van der Waals surface area contributed by atoms with E-state index in [0.29, 0.717) is 22.6 Å². The number of likely N-dealkylation sites (tertiary alicyclic amines) is 1. The predicted octanol–water partition coefficient (Wildman–Crippen LogP) is 3.14. The number of carbonyl (C=O) groups is 1. The van der Waals surface area contributed by atoms with E-state index in [1.807, 2.05) is 23.1 Å². The molecule has 6 rings (SSSR count). The molecule has 2 N–H and O–H groups in total. The van der Waals surface area contributed by atoms with Crippen LogP contribution in [0.3, 0.4) is 0 Å². The number of rotatable bonds is 2. The van der Waals surface area contributed by atoms with Gasteiger partial charge in [-0.2, -0.15) is 0 Å². The van der Waals surface area contributed by atoms with Gasteiger partial charge in [-0.25, -0.2) is 0 Å². The number of carbonyl (C=O) groups excluding carboxylic acids is 1. The summed E-state index contributed by atoms with van der Waals surface area (Å²) in [5, 5.41) is 0. The van der Waals surface area contributed by atoms with Gasteiger partial charge in [0.05, 0.1) is 23.2 Å².